The van der Waals surface area contributed by atoms with Gasteiger partial charge < -0.3 is 5.32 Å². The fourth-order valence-electron chi connectivity index (χ4n) is 2.41. The molecule has 0 amide bonds. The lowest BCUT2D eigenvalue weighted by molar-refractivity contribution is 0.875. The molecule has 3 rings (SSSR count). The number of benzene rings is 2. The highest BCUT2D eigenvalue weighted by Gasteiger charge is 2.13. The zero-order valence-electron chi connectivity index (χ0n) is 11.4. The van der Waals surface area contributed by atoms with Crippen molar-refractivity contribution in [2.75, 3.05) is 5.32 Å². The zero-order chi connectivity index (χ0) is 14.1. The van der Waals surface area contributed by atoms with Crippen LogP contribution in [-0.4, -0.2) is 4.98 Å². The predicted molar refractivity (Wildman–Crippen MR) is 87.8 cm³/mol. The first-order valence-corrected chi connectivity index (χ1v) is 7.76. The Balaban J connectivity index is 1.99. The summed E-state index contributed by atoms with van der Waals surface area (Å²) in [5.41, 5.74) is 6.26. The van der Waals surface area contributed by atoms with E-state index in [0.717, 1.165) is 15.9 Å². The Labute approximate surface area is 127 Å². The van der Waals surface area contributed by atoms with Crippen LogP contribution in [0.25, 0.3) is 10.2 Å². The number of halogens is 1. The van der Waals surface area contributed by atoms with Gasteiger partial charge in [0.25, 0.3) is 0 Å². The number of aryl methyl sites for hydroxylation is 1. The van der Waals surface area contributed by atoms with Crippen LogP contribution in [0.5, 0.6) is 0 Å². The molecule has 0 aliphatic rings. The van der Waals surface area contributed by atoms with Crippen LogP contribution in [-0.2, 0) is 0 Å². The summed E-state index contributed by atoms with van der Waals surface area (Å²) < 4.78 is 1.15. The van der Waals surface area contributed by atoms with Crippen molar-refractivity contribution < 1.29 is 0 Å². The van der Waals surface area contributed by atoms with Crippen molar-refractivity contribution in [1.29, 1.82) is 0 Å². The number of nitrogens with one attached hydrogen (secondary N) is 1. The smallest absolute Gasteiger partial charge is 0.106 e. The summed E-state index contributed by atoms with van der Waals surface area (Å²) in [6.07, 6.45) is 0. The molecule has 102 valence electrons. The molecule has 0 saturated heterocycles. The molecule has 4 heteroatoms. The summed E-state index contributed by atoms with van der Waals surface area (Å²) in [6, 6.07) is 12.5. The van der Waals surface area contributed by atoms with E-state index >= 15 is 0 Å². The van der Waals surface area contributed by atoms with Gasteiger partial charge >= 0.3 is 0 Å². The minimum atomic E-state index is 0.181. The lowest BCUT2D eigenvalue weighted by Gasteiger charge is -2.19. The van der Waals surface area contributed by atoms with Crippen molar-refractivity contribution in [3.63, 3.8) is 0 Å². The summed E-state index contributed by atoms with van der Waals surface area (Å²) in [5, 5.41) is 4.22. The topological polar surface area (TPSA) is 24.9 Å². The van der Waals surface area contributed by atoms with Gasteiger partial charge in [-0.15, -0.1) is 11.3 Å². The highest BCUT2D eigenvalue weighted by atomic mass is 35.5. The standard InChI is InChI=1S/C16H15ClN2S/c1-10-5-3-4-6-12(10)11(2)19-15-13(17)7-8-14-16(15)18-9-20-14/h3-9,11,19H,1-2H3. The van der Waals surface area contributed by atoms with E-state index in [0.29, 0.717) is 5.02 Å². The normalized spacial score (nSPS) is 12.6. The summed E-state index contributed by atoms with van der Waals surface area (Å²) in [7, 11) is 0. The van der Waals surface area contributed by atoms with Gasteiger partial charge in [-0.2, -0.15) is 0 Å². The number of hydrogen-bond donors (Lipinski definition) is 1. The summed E-state index contributed by atoms with van der Waals surface area (Å²) >= 11 is 7.96. The van der Waals surface area contributed by atoms with Crippen molar-refractivity contribution in [3.8, 4) is 0 Å². The van der Waals surface area contributed by atoms with E-state index in [4.69, 9.17) is 11.6 Å². The van der Waals surface area contributed by atoms with Crippen LogP contribution in [0.2, 0.25) is 5.02 Å². The molecule has 1 N–H and O–H groups in total. The van der Waals surface area contributed by atoms with E-state index in [-0.39, 0.29) is 6.04 Å². The number of fused-ring (bicyclic) bond motifs is 1. The summed E-state index contributed by atoms with van der Waals surface area (Å²) in [5.74, 6) is 0. The third kappa shape index (κ3) is 2.39. The average molecular weight is 303 g/mol. The van der Waals surface area contributed by atoms with Gasteiger partial charge in [0.15, 0.2) is 0 Å². The second-order valence-electron chi connectivity index (χ2n) is 4.84. The van der Waals surface area contributed by atoms with E-state index in [1.165, 1.54) is 11.1 Å². The minimum Gasteiger partial charge on any atom is -0.376 e. The summed E-state index contributed by atoms with van der Waals surface area (Å²) in [6.45, 7) is 4.27. The van der Waals surface area contributed by atoms with Gasteiger partial charge in [0, 0.05) is 6.04 Å². The quantitative estimate of drug-likeness (QED) is 0.697. The van der Waals surface area contributed by atoms with E-state index in [9.17, 15) is 0 Å². The van der Waals surface area contributed by atoms with Gasteiger partial charge in [0.1, 0.15) is 5.52 Å². The van der Waals surface area contributed by atoms with Crippen molar-refractivity contribution in [1.82, 2.24) is 4.98 Å². The van der Waals surface area contributed by atoms with Gasteiger partial charge in [0.05, 0.1) is 20.9 Å². The molecule has 2 aromatic carbocycles. The van der Waals surface area contributed by atoms with Crippen LogP contribution in [0, 0.1) is 6.92 Å². The Morgan fingerprint density at radius 3 is 2.80 bits per heavy atom. The molecular weight excluding hydrogens is 288 g/mol. The molecule has 0 radical (unpaired) electrons. The number of anilines is 1. The molecule has 0 fully saturated rings. The number of hydrogen-bond acceptors (Lipinski definition) is 3. The van der Waals surface area contributed by atoms with E-state index in [2.05, 4.69) is 48.4 Å². The molecule has 0 bridgehead atoms. The van der Waals surface area contributed by atoms with Gasteiger partial charge in [-0.1, -0.05) is 35.9 Å². The van der Waals surface area contributed by atoms with Crippen LogP contribution in [0.1, 0.15) is 24.1 Å². The Kier molecular flexibility index (Phi) is 3.64. The molecule has 1 unspecified atom stereocenters. The monoisotopic (exact) mass is 302 g/mol. The minimum absolute atomic E-state index is 0.181. The highest BCUT2D eigenvalue weighted by molar-refractivity contribution is 7.16. The number of nitrogens with zero attached hydrogens (tertiary/aromatic N) is 1. The molecule has 1 atom stereocenters. The zero-order valence-corrected chi connectivity index (χ0v) is 12.9. The second kappa shape index (κ2) is 5.43. The van der Waals surface area contributed by atoms with E-state index < -0.39 is 0 Å². The number of thiazole rings is 1. The maximum atomic E-state index is 6.33. The largest absolute Gasteiger partial charge is 0.376 e. The van der Waals surface area contributed by atoms with Crippen molar-refractivity contribution >= 4 is 38.8 Å². The fraction of sp³-hybridized carbons (Fsp3) is 0.188. The molecule has 1 aromatic heterocycles. The third-order valence-electron chi connectivity index (χ3n) is 3.47. The first-order chi connectivity index (χ1) is 9.66. The maximum Gasteiger partial charge on any atom is 0.106 e. The van der Waals surface area contributed by atoms with Gasteiger partial charge in [-0.05, 0) is 37.1 Å². The molecule has 0 aliphatic carbocycles. The van der Waals surface area contributed by atoms with Gasteiger partial charge in [-0.25, -0.2) is 4.98 Å². The Bertz CT molecular complexity index is 751. The third-order valence-corrected chi connectivity index (χ3v) is 4.58. The average Bonchev–Trinajstić information content (AvgIpc) is 2.91. The van der Waals surface area contributed by atoms with Crippen LogP contribution in [0.3, 0.4) is 0 Å². The molecule has 2 nitrogen and oxygen atoms in total. The van der Waals surface area contributed by atoms with Crippen LogP contribution < -0.4 is 5.32 Å². The molecule has 3 aromatic rings. The Morgan fingerprint density at radius 1 is 1.20 bits per heavy atom. The predicted octanol–water partition coefficient (Wildman–Crippen LogP) is 5.43. The van der Waals surface area contributed by atoms with E-state index in [1.807, 2.05) is 17.6 Å². The fourth-order valence-corrected chi connectivity index (χ4v) is 3.30. The van der Waals surface area contributed by atoms with Crippen molar-refractivity contribution in [3.05, 3.63) is 58.1 Å². The van der Waals surface area contributed by atoms with Crippen molar-refractivity contribution in [2.45, 2.75) is 19.9 Å². The molecule has 0 saturated carbocycles. The number of rotatable bonds is 3. The Hall–Kier alpha value is -1.58. The SMILES string of the molecule is Cc1ccccc1C(C)Nc1c(Cl)ccc2scnc12. The molecule has 0 aliphatic heterocycles. The molecule has 1 heterocycles. The second-order valence-corrected chi connectivity index (χ2v) is 6.14. The van der Waals surface area contributed by atoms with Crippen LogP contribution in [0.15, 0.2) is 41.9 Å². The van der Waals surface area contributed by atoms with Crippen molar-refractivity contribution in [2.24, 2.45) is 0 Å². The van der Waals surface area contributed by atoms with Crippen LogP contribution in [0.4, 0.5) is 5.69 Å². The lowest BCUT2D eigenvalue weighted by Crippen LogP contribution is -2.08. The van der Waals surface area contributed by atoms with Gasteiger partial charge in [-0.3, -0.25) is 0 Å². The van der Waals surface area contributed by atoms with Crippen LogP contribution >= 0.6 is 22.9 Å². The highest BCUT2D eigenvalue weighted by Crippen LogP contribution is 2.34. The number of aromatic nitrogens is 1. The molecular formula is C16H15ClN2S. The first kappa shape index (κ1) is 13.4. The lowest BCUT2D eigenvalue weighted by atomic mass is 10.0. The first-order valence-electron chi connectivity index (χ1n) is 6.50. The maximum absolute atomic E-state index is 6.33. The Morgan fingerprint density at radius 2 is 2.00 bits per heavy atom. The summed E-state index contributed by atoms with van der Waals surface area (Å²) in [4.78, 5) is 4.42. The van der Waals surface area contributed by atoms with E-state index in [1.54, 1.807) is 11.3 Å². The molecule has 20 heavy (non-hydrogen) atoms. The molecule has 0 spiro atoms. The van der Waals surface area contributed by atoms with Gasteiger partial charge in [0.2, 0.25) is 0 Å².